The van der Waals surface area contributed by atoms with Crippen LogP contribution in [0, 0.1) is 0 Å². The fourth-order valence-corrected chi connectivity index (χ4v) is 3.28. The number of carbonyl (C=O) groups excluding carboxylic acids is 1. The molecule has 2 nitrogen and oxygen atoms in total. The minimum Gasteiger partial charge on any atom is -1.00 e. The second kappa shape index (κ2) is 19.7. The van der Waals surface area contributed by atoms with E-state index in [-0.39, 0.29) is 36.8 Å². The van der Waals surface area contributed by atoms with Gasteiger partial charge in [-0.1, -0.05) is 70.4 Å². The number of ketones is 1. The molecule has 0 radical (unpaired) electrons. The second-order valence-corrected chi connectivity index (χ2v) is 7.49. The van der Waals surface area contributed by atoms with Crippen molar-refractivity contribution in [3.8, 4) is 5.75 Å². The van der Waals surface area contributed by atoms with Gasteiger partial charge in [-0.2, -0.15) is 0 Å². The number of methoxy groups -OCH3 is 1. The van der Waals surface area contributed by atoms with Gasteiger partial charge in [0.05, 0.1) is 7.11 Å². The number of ether oxygens (including phenoxy) is 1. The molecule has 1 aromatic rings. The molecule has 0 aliphatic heterocycles. The van der Waals surface area contributed by atoms with E-state index in [1.807, 2.05) is 24.3 Å². The van der Waals surface area contributed by atoms with Crippen molar-refractivity contribution in [1.82, 2.24) is 0 Å². The molecule has 0 saturated carbocycles. The maximum atomic E-state index is 12.1. The number of Topliss-reactive ketones (excluding diaryl/α,β-unsaturated/α-hetero) is 1. The minimum atomic E-state index is 0. The van der Waals surface area contributed by atoms with Crippen molar-refractivity contribution in [1.29, 1.82) is 0 Å². The minimum absolute atomic E-state index is 0. The Labute approximate surface area is 197 Å². The van der Waals surface area contributed by atoms with E-state index >= 15 is 0 Å². The first-order chi connectivity index (χ1) is 13.3. The van der Waals surface area contributed by atoms with Gasteiger partial charge in [-0.05, 0) is 56.4 Å². The molecule has 0 N–H and O–H groups in total. The quantitative estimate of drug-likeness (QED) is 0.160. The first-order valence-electron chi connectivity index (χ1n) is 11.1. The van der Waals surface area contributed by atoms with Crippen molar-refractivity contribution in [3.05, 3.63) is 42.0 Å². The fourth-order valence-electron chi connectivity index (χ4n) is 3.28. The van der Waals surface area contributed by atoms with E-state index in [4.69, 9.17) is 4.74 Å². The zero-order valence-electron chi connectivity index (χ0n) is 19.7. The van der Waals surface area contributed by atoms with Gasteiger partial charge in [0.25, 0.3) is 0 Å². The summed E-state index contributed by atoms with van der Waals surface area (Å²) >= 11 is 0. The first-order valence-corrected chi connectivity index (χ1v) is 11.1. The average Bonchev–Trinajstić information content (AvgIpc) is 2.70. The summed E-state index contributed by atoms with van der Waals surface area (Å²) in [6, 6.07) is 7.43. The molecule has 0 heterocycles. The maximum absolute atomic E-state index is 12.1. The third kappa shape index (κ3) is 14.4. The topological polar surface area (TPSA) is 26.3 Å². The summed E-state index contributed by atoms with van der Waals surface area (Å²) in [6.07, 6.45) is 22.1. The Morgan fingerprint density at radius 1 is 0.821 bits per heavy atom. The number of benzene rings is 1. The van der Waals surface area contributed by atoms with E-state index in [0.717, 1.165) is 24.2 Å². The Balaban J connectivity index is 0. The Morgan fingerprint density at radius 2 is 1.32 bits per heavy atom. The van der Waals surface area contributed by atoms with Gasteiger partial charge in [0.15, 0.2) is 5.78 Å². The van der Waals surface area contributed by atoms with Crippen molar-refractivity contribution in [3.63, 3.8) is 0 Å². The summed E-state index contributed by atoms with van der Waals surface area (Å²) < 4.78 is 5.12. The Kier molecular flexibility index (Phi) is 19.3. The molecule has 0 atom stereocenters. The van der Waals surface area contributed by atoms with Gasteiger partial charge in [-0.25, -0.2) is 0 Å². The SMILES string of the molecule is CCCCCCCC/C=C\CCCCCCCC(=O)c1ccc(OC)cc1.[H-].[Na+]. The van der Waals surface area contributed by atoms with Crippen LogP contribution >= 0.6 is 0 Å². The fraction of sp³-hybridized carbons (Fsp3) is 0.640. The van der Waals surface area contributed by atoms with Gasteiger partial charge in [0.1, 0.15) is 5.75 Å². The molecule has 3 heteroatoms. The molecular weight excluding hydrogens is 355 g/mol. The van der Waals surface area contributed by atoms with Crippen molar-refractivity contribution in [2.45, 2.75) is 96.8 Å². The molecular formula is C25H41NaO2. The molecule has 0 aromatic heterocycles. The molecule has 1 rings (SSSR count). The summed E-state index contributed by atoms with van der Waals surface area (Å²) in [4.78, 5) is 12.1. The largest absolute Gasteiger partial charge is 1.00 e. The standard InChI is InChI=1S/C25H40O2.Na.H/c1-3-4-5-6-7-8-9-10-11-12-13-14-15-16-17-18-25(26)23-19-21-24(27-2)22-20-23;;/h10-11,19-22H,3-9,12-18H2,1-2H3;;/q;+1;-1/b11-10-;;. The summed E-state index contributed by atoms with van der Waals surface area (Å²) in [5.41, 5.74) is 0.798. The zero-order chi connectivity index (χ0) is 19.6. The normalized spacial score (nSPS) is 10.8. The Hall–Kier alpha value is -0.570. The first kappa shape index (κ1) is 27.4. The van der Waals surface area contributed by atoms with E-state index in [1.165, 1.54) is 70.6 Å². The summed E-state index contributed by atoms with van der Waals surface area (Å²) in [7, 11) is 1.64. The molecule has 0 fully saturated rings. The zero-order valence-corrected chi connectivity index (χ0v) is 20.7. The van der Waals surface area contributed by atoms with E-state index in [1.54, 1.807) is 7.11 Å². The third-order valence-electron chi connectivity index (χ3n) is 5.08. The number of hydrogen-bond acceptors (Lipinski definition) is 2. The number of unbranched alkanes of at least 4 members (excludes halogenated alkanes) is 11. The van der Waals surface area contributed by atoms with Gasteiger partial charge < -0.3 is 6.16 Å². The van der Waals surface area contributed by atoms with Crippen molar-refractivity contribution >= 4 is 5.78 Å². The molecule has 0 aliphatic rings. The van der Waals surface area contributed by atoms with Crippen LogP contribution in [0.4, 0.5) is 0 Å². The van der Waals surface area contributed by atoms with E-state index in [2.05, 4.69) is 19.1 Å². The van der Waals surface area contributed by atoms with Gasteiger partial charge in [-0.3, -0.25) is 4.79 Å². The number of carbonyl (C=O) groups is 1. The molecule has 0 spiro atoms. The number of allylic oxidation sites excluding steroid dienone is 2. The average molecular weight is 397 g/mol. The maximum Gasteiger partial charge on any atom is 1.00 e. The Morgan fingerprint density at radius 3 is 1.86 bits per heavy atom. The van der Waals surface area contributed by atoms with Gasteiger partial charge >= 0.3 is 29.6 Å². The summed E-state index contributed by atoms with van der Waals surface area (Å²) in [5, 5.41) is 0. The van der Waals surface area contributed by atoms with Crippen LogP contribution in [0.2, 0.25) is 0 Å². The van der Waals surface area contributed by atoms with Crippen LogP contribution in [0.15, 0.2) is 36.4 Å². The van der Waals surface area contributed by atoms with Crippen LogP contribution in [0.5, 0.6) is 5.75 Å². The number of rotatable bonds is 17. The van der Waals surface area contributed by atoms with Crippen LogP contribution in [0.3, 0.4) is 0 Å². The van der Waals surface area contributed by atoms with E-state index < -0.39 is 0 Å². The van der Waals surface area contributed by atoms with Crippen LogP contribution in [0.25, 0.3) is 0 Å². The van der Waals surface area contributed by atoms with Gasteiger partial charge in [0.2, 0.25) is 0 Å². The van der Waals surface area contributed by atoms with Crippen LogP contribution in [0.1, 0.15) is 109 Å². The molecule has 1 aromatic carbocycles. The molecule has 0 bridgehead atoms. The Bertz CT molecular complexity index is 514. The van der Waals surface area contributed by atoms with Crippen LogP contribution < -0.4 is 34.3 Å². The van der Waals surface area contributed by atoms with Crippen molar-refractivity contribution in [2.75, 3.05) is 7.11 Å². The molecule has 0 saturated heterocycles. The monoisotopic (exact) mass is 396 g/mol. The second-order valence-electron chi connectivity index (χ2n) is 7.49. The molecule has 0 aliphatic carbocycles. The van der Waals surface area contributed by atoms with Gasteiger partial charge in [-0.15, -0.1) is 0 Å². The van der Waals surface area contributed by atoms with Gasteiger partial charge in [0, 0.05) is 12.0 Å². The predicted octanol–water partition coefficient (Wildman–Crippen LogP) is 5.03. The summed E-state index contributed by atoms with van der Waals surface area (Å²) in [5.74, 6) is 1.04. The van der Waals surface area contributed by atoms with E-state index in [9.17, 15) is 4.79 Å². The molecule has 0 amide bonds. The van der Waals surface area contributed by atoms with Crippen molar-refractivity contribution in [2.24, 2.45) is 0 Å². The molecule has 0 unspecified atom stereocenters. The molecule has 28 heavy (non-hydrogen) atoms. The van der Waals surface area contributed by atoms with Crippen LogP contribution in [-0.2, 0) is 0 Å². The predicted molar refractivity (Wildman–Crippen MR) is 118 cm³/mol. The van der Waals surface area contributed by atoms with Crippen LogP contribution in [-0.4, -0.2) is 12.9 Å². The van der Waals surface area contributed by atoms with E-state index in [0.29, 0.717) is 6.42 Å². The third-order valence-corrected chi connectivity index (χ3v) is 5.08. The number of hydrogen-bond donors (Lipinski definition) is 0. The smallest absolute Gasteiger partial charge is 1.00 e. The summed E-state index contributed by atoms with van der Waals surface area (Å²) in [6.45, 7) is 2.27. The molecule has 154 valence electrons. The van der Waals surface area contributed by atoms with Crippen molar-refractivity contribution < 1.29 is 40.5 Å².